The molecule has 1 aliphatic heterocycles. The fourth-order valence-corrected chi connectivity index (χ4v) is 3.18. The predicted octanol–water partition coefficient (Wildman–Crippen LogP) is 2.08. The van der Waals surface area contributed by atoms with E-state index in [1.807, 2.05) is 40.8 Å². The molecule has 0 aromatic carbocycles. The zero-order valence-electron chi connectivity index (χ0n) is 13.8. The maximum absolute atomic E-state index is 12.1. The molecule has 0 aliphatic carbocycles. The van der Waals surface area contributed by atoms with Crippen molar-refractivity contribution in [2.45, 2.75) is 58.4 Å². The highest BCUT2D eigenvalue weighted by Crippen LogP contribution is 2.22. The Morgan fingerprint density at radius 2 is 2.23 bits per heavy atom. The number of nitrogens with zero attached hydrogens (tertiary/aromatic N) is 2. The van der Waals surface area contributed by atoms with Crippen LogP contribution in [0.4, 0.5) is 4.79 Å². The van der Waals surface area contributed by atoms with Crippen LogP contribution in [-0.4, -0.2) is 51.9 Å². The van der Waals surface area contributed by atoms with Crippen LogP contribution in [0.15, 0.2) is 6.20 Å². The zero-order chi connectivity index (χ0) is 16.5. The van der Waals surface area contributed by atoms with Gasteiger partial charge in [-0.05, 0) is 34.6 Å². The number of hydrogen-bond acceptors (Lipinski definition) is 6. The number of amides is 1. The second kappa shape index (κ2) is 6.52. The molecule has 2 rings (SSSR count). The molecule has 1 aromatic rings. The van der Waals surface area contributed by atoms with Gasteiger partial charge in [0.2, 0.25) is 0 Å². The van der Waals surface area contributed by atoms with Gasteiger partial charge in [0, 0.05) is 17.6 Å². The third kappa shape index (κ3) is 4.41. The summed E-state index contributed by atoms with van der Waals surface area (Å²) in [4.78, 5) is 19.1. The van der Waals surface area contributed by atoms with E-state index in [0.717, 1.165) is 9.88 Å². The van der Waals surface area contributed by atoms with Gasteiger partial charge in [-0.3, -0.25) is 0 Å². The SMILES string of the molecule is Cc1cnc(C(C)N[C@H]2CN(C(=O)OC(C)(C)C)C[C@@H]2O)s1. The van der Waals surface area contributed by atoms with Crippen LogP contribution in [0.25, 0.3) is 0 Å². The molecule has 7 heteroatoms. The summed E-state index contributed by atoms with van der Waals surface area (Å²) in [6.45, 7) is 10.3. The number of aliphatic hydroxyl groups excluding tert-OH is 1. The van der Waals surface area contributed by atoms with E-state index in [1.54, 1.807) is 16.2 Å². The Kier molecular flexibility index (Phi) is 5.09. The summed E-state index contributed by atoms with van der Waals surface area (Å²) >= 11 is 1.63. The van der Waals surface area contributed by atoms with Crippen molar-refractivity contribution in [1.29, 1.82) is 0 Å². The van der Waals surface area contributed by atoms with Crippen molar-refractivity contribution in [1.82, 2.24) is 15.2 Å². The van der Waals surface area contributed by atoms with E-state index in [1.165, 1.54) is 0 Å². The smallest absolute Gasteiger partial charge is 0.410 e. The molecule has 1 fully saturated rings. The van der Waals surface area contributed by atoms with Crippen LogP contribution < -0.4 is 5.32 Å². The van der Waals surface area contributed by atoms with Crippen molar-refractivity contribution < 1.29 is 14.6 Å². The summed E-state index contributed by atoms with van der Waals surface area (Å²) in [5.41, 5.74) is -0.529. The van der Waals surface area contributed by atoms with Crippen LogP contribution in [0.5, 0.6) is 0 Å². The van der Waals surface area contributed by atoms with Gasteiger partial charge < -0.3 is 20.1 Å². The minimum atomic E-state index is -0.601. The number of likely N-dealkylation sites (tertiary alicyclic amines) is 1. The molecule has 1 saturated heterocycles. The van der Waals surface area contributed by atoms with Crippen LogP contribution in [0, 0.1) is 6.92 Å². The van der Waals surface area contributed by atoms with E-state index in [2.05, 4.69) is 10.3 Å². The number of nitrogens with one attached hydrogen (secondary N) is 1. The summed E-state index contributed by atoms with van der Waals surface area (Å²) in [5, 5.41) is 14.5. The molecule has 6 nitrogen and oxygen atoms in total. The van der Waals surface area contributed by atoms with Gasteiger partial charge in [-0.15, -0.1) is 11.3 Å². The molecule has 0 spiro atoms. The third-order valence-corrected chi connectivity index (χ3v) is 4.51. The van der Waals surface area contributed by atoms with Crippen molar-refractivity contribution >= 4 is 17.4 Å². The molecule has 1 amide bonds. The van der Waals surface area contributed by atoms with Gasteiger partial charge in [0.05, 0.1) is 24.7 Å². The Hall–Kier alpha value is -1.18. The number of aromatic nitrogens is 1. The largest absolute Gasteiger partial charge is 0.444 e. The Balaban J connectivity index is 1.92. The number of thiazole rings is 1. The number of carbonyl (C=O) groups is 1. The van der Waals surface area contributed by atoms with Crippen LogP contribution >= 0.6 is 11.3 Å². The lowest BCUT2D eigenvalue weighted by Crippen LogP contribution is -2.41. The monoisotopic (exact) mass is 327 g/mol. The predicted molar refractivity (Wildman–Crippen MR) is 86.0 cm³/mol. The van der Waals surface area contributed by atoms with E-state index >= 15 is 0 Å². The molecule has 1 unspecified atom stereocenters. The van der Waals surface area contributed by atoms with Gasteiger partial charge in [0.15, 0.2) is 0 Å². The molecule has 0 radical (unpaired) electrons. The Labute approximate surface area is 135 Å². The summed E-state index contributed by atoms with van der Waals surface area (Å²) in [6, 6.07) is -0.135. The first-order chi connectivity index (χ1) is 10.2. The number of rotatable bonds is 3. The van der Waals surface area contributed by atoms with Crippen LogP contribution in [0.1, 0.15) is 43.6 Å². The molecule has 2 N–H and O–H groups in total. The molecule has 0 saturated carbocycles. The Bertz CT molecular complexity index is 526. The normalized spacial score (nSPS) is 23.6. The maximum atomic E-state index is 12.1. The minimum Gasteiger partial charge on any atom is -0.444 e. The molecule has 2 heterocycles. The minimum absolute atomic E-state index is 0.0388. The molecule has 1 aromatic heterocycles. The molecule has 3 atom stereocenters. The van der Waals surface area contributed by atoms with E-state index in [0.29, 0.717) is 6.54 Å². The molecule has 124 valence electrons. The highest BCUT2D eigenvalue weighted by Gasteiger charge is 2.36. The van der Waals surface area contributed by atoms with Crippen LogP contribution in [0.2, 0.25) is 0 Å². The van der Waals surface area contributed by atoms with E-state index in [9.17, 15) is 9.90 Å². The van der Waals surface area contributed by atoms with Crippen LogP contribution in [-0.2, 0) is 4.74 Å². The standard InChI is InChI=1S/C15H25N3O3S/c1-9-6-16-13(22-9)10(2)17-11-7-18(8-12(11)19)14(20)21-15(3,4)5/h6,10-12,17,19H,7-8H2,1-5H3/t10?,11-,12-/m0/s1. The van der Waals surface area contributed by atoms with E-state index in [-0.39, 0.29) is 24.7 Å². The number of carbonyl (C=O) groups excluding carboxylic acids is 1. The van der Waals surface area contributed by atoms with Crippen molar-refractivity contribution in [2.24, 2.45) is 0 Å². The molecular weight excluding hydrogens is 302 g/mol. The number of ether oxygens (including phenoxy) is 1. The molecule has 22 heavy (non-hydrogen) atoms. The zero-order valence-corrected chi connectivity index (χ0v) is 14.6. The average Bonchev–Trinajstić information content (AvgIpc) is 2.95. The topological polar surface area (TPSA) is 74.7 Å². The highest BCUT2D eigenvalue weighted by molar-refractivity contribution is 7.11. The Morgan fingerprint density at radius 3 is 2.77 bits per heavy atom. The van der Waals surface area contributed by atoms with Gasteiger partial charge >= 0.3 is 6.09 Å². The van der Waals surface area contributed by atoms with Crippen molar-refractivity contribution in [3.63, 3.8) is 0 Å². The number of aryl methyl sites for hydroxylation is 1. The van der Waals surface area contributed by atoms with Gasteiger partial charge in [-0.25, -0.2) is 9.78 Å². The van der Waals surface area contributed by atoms with Gasteiger partial charge in [-0.2, -0.15) is 0 Å². The van der Waals surface area contributed by atoms with Crippen LogP contribution in [0.3, 0.4) is 0 Å². The lowest BCUT2D eigenvalue weighted by Gasteiger charge is -2.24. The first kappa shape index (κ1) is 17.2. The summed E-state index contributed by atoms with van der Waals surface area (Å²) in [7, 11) is 0. The lowest BCUT2D eigenvalue weighted by atomic mass is 10.2. The number of β-amino-alcohol motifs (C(OH)–C–C–N with tert-alkyl or cyclic N) is 1. The lowest BCUT2D eigenvalue weighted by molar-refractivity contribution is 0.0270. The maximum Gasteiger partial charge on any atom is 0.410 e. The highest BCUT2D eigenvalue weighted by atomic mass is 32.1. The van der Waals surface area contributed by atoms with Crippen molar-refractivity contribution in [3.8, 4) is 0 Å². The molecule has 0 bridgehead atoms. The van der Waals surface area contributed by atoms with Gasteiger partial charge in [0.25, 0.3) is 0 Å². The molecule has 1 aliphatic rings. The van der Waals surface area contributed by atoms with Gasteiger partial charge in [0.1, 0.15) is 10.6 Å². The van der Waals surface area contributed by atoms with E-state index < -0.39 is 11.7 Å². The number of hydrogen-bond donors (Lipinski definition) is 2. The van der Waals surface area contributed by atoms with Crippen molar-refractivity contribution in [2.75, 3.05) is 13.1 Å². The number of aliphatic hydroxyl groups is 1. The third-order valence-electron chi connectivity index (χ3n) is 3.41. The quantitative estimate of drug-likeness (QED) is 0.889. The van der Waals surface area contributed by atoms with E-state index in [4.69, 9.17) is 4.74 Å². The first-order valence-electron chi connectivity index (χ1n) is 7.50. The summed E-state index contributed by atoms with van der Waals surface area (Å²) in [5.74, 6) is 0. The average molecular weight is 327 g/mol. The second-order valence-corrected chi connectivity index (χ2v) is 8.02. The molecular formula is C15H25N3O3S. The fraction of sp³-hybridized carbons (Fsp3) is 0.733. The van der Waals surface area contributed by atoms with Crippen molar-refractivity contribution in [3.05, 3.63) is 16.1 Å². The second-order valence-electron chi connectivity index (χ2n) is 6.76. The first-order valence-corrected chi connectivity index (χ1v) is 8.32. The Morgan fingerprint density at radius 1 is 1.55 bits per heavy atom. The fourth-order valence-electron chi connectivity index (χ4n) is 2.39. The summed E-state index contributed by atoms with van der Waals surface area (Å²) in [6.07, 6.45) is 0.862. The van der Waals surface area contributed by atoms with Gasteiger partial charge in [-0.1, -0.05) is 0 Å². The summed E-state index contributed by atoms with van der Waals surface area (Å²) < 4.78 is 5.35.